The Bertz CT molecular complexity index is 2480. The van der Waals surface area contributed by atoms with Crippen LogP contribution < -0.4 is 9.80 Å². The summed E-state index contributed by atoms with van der Waals surface area (Å²) >= 11 is 1.86. The highest BCUT2D eigenvalue weighted by atomic mass is 32.1. The van der Waals surface area contributed by atoms with Crippen LogP contribution in [0.2, 0.25) is 0 Å². The van der Waals surface area contributed by atoms with Crippen LogP contribution in [0.4, 0.5) is 34.1 Å². The molecule has 9 rings (SSSR count). The van der Waals surface area contributed by atoms with Crippen LogP contribution in [-0.2, 0) is 0 Å². The highest BCUT2D eigenvalue weighted by Gasteiger charge is 2.21. The first-order chi connectivity index (χ1) is 23.3. The molecule has 1 heterocycles. The predicted molar refractivity (Wildman–Crippen MR) is 204 cm³/mol. The third kappa shape index (κ3) is 4.80. The molecule has 0 saturated heterocycles. The molecule has 0 atom stereocenters. The molecule has 2 nitrogen and oxygen atoms in total. The number of thiophene rings is 1. The number of benzene rings is 8. The normalized spacial score (nSPS) is 11.4. The lowest BCUT2D eigenvalue weighted by atomic mass is 9.98. The van der Waals surface area contributed by atoms with Gasteiger partial charge >= 0.3 is 0 Å². The smallest absolute Gasteiger partial charge is 0.0561 e. The number of fused-ring (bicyclic) bond motifs is 6. The minimum absolute atomic E-state index is 1.10. The zero-order valence-corrected chi connectivity index (χ0v) is 26.4. The lowest BCUT2D eigenvalue weighted by molar-refractivity contribution is 1.26. The van der Waals surface area contributed by atoms with Crippen molar-refractivity contribution in [3.8, 4) is 0 Å². The summed E-state index contributed by atoms with van der Waals surface area (Å²) < 4.78 is 2.59. The maximum atomic E-state index is 2.43. The SMILES string of the molecule is c1ccc(N(c2ccccc2)c2cc(N(c3ccccc3)c3ccc4c(c3)sc3ccccc34)c3ccc4ccccc4c3c2)cc1. The maximum Gasteiger partial charge on any atom is 0.0561 e. The molecule has 0 aliphatic carbocycles. The van der Waals surface area contributed by atoms with Gasteiger partial charge < -0.3 is 9.80 Å². The molecule has 0 aliphatic rings. The Morgan fingerprint density at radius 3 is 1.55 bits per heavy atom. The van der Waals surface area contributed by atoms with E-state index in [4.69, 9.17) is 0 Å². The standard InChI is InChI=1S/C44H30N2S/c1-4-15-32(16-5-1)45(33-17-6-2-7-18-33)36-28-41-37-21-11-10-14-31(37)24-26-38(41)42(29-36)46(34-19-8-3-9-20-34)35-25-27-40-39-22-12-13-23-43(39)47-44(40)30-35/h1-30H. The van der Waals surface area contributed by atoms with Gasteiger partial charge in [-0.1, -0.05) is 115 Å². The molecule has 0 radical (unpaired) electrons. The van der Waals surface area contributed by atoms with Crippen LogP contribution in [0.25, 0.3) is 41.7 Å². The fraction of sp³-hybridized carbons (Fsp3) is 0. The molecule has 222 valence electrons. The van der Waals surface area contributed by atoms with Crippen LogP contribution in [0.1, 0.15) is 0 Å². The number of para-hydroxylation sites is 3. The summed E-state index contributed by atoms with van der Waals surface area (Å²) in [6.45, 7) is 0. The van der Waals surface area contributed by atoms with E-state index in [2.05, 4.69) is 192 Å². The molecule has 9 aromatic rings. The molecule has 3 heteroatoms. The summed E-state index contributed by atoms with van der Waals surface area (Å²) in [5, 5.41) is 7.50. The predicted octanol–water partition coefficient (Wildman–Crippen LogP) is 13.3. The molecule has 1 aromatic heterocycles. The van der Waals surface area contributed by atoms with Crippen molar-refractivity contribution in [3.05, 3.63) is 182 Å². The van der Waals surface area contributed by atoms with Gasteiger partial charge in [-0.25, -0.2) is 0 Å². The molecule has 47 heavy (non-hydrogen) atoms. The van der Waals surface area contributed by atoms with Crippen LogP contribution in [0, 0.1) is 0 Å². The van der Waals surface area contributed by atoms with Gasteiger partial charge in [0.05, 0.1) is 5.69 Å². The second kappa shape index (κ2) is 11.5. The van der Waals surface area contributed by atoms with Gasteiger partial charge in [-0.2, -0.15) is 0 Å². The van der Waals surface area contributed by atoms with E-state index in [-0.39, 0.29) is 0 Å². The number of hydrogen-bond acceptors (Lipinski definition) is 3. The number of rotatable bonds is 6. The molecule has 0 amide bonds. The first-order valence-corrected chi connectivity index (χ1v) is 16.8. The topological polar surface area (TPSA) is 6.48 Å². The van der Waals surface area contributed by atoms with Crippen molar-refractivity contribution in [2.24, 2.45) is 0 Å². The molecule has 0 bridgehead atoms. The fourth-order valence-corrected chi connectivity index (χ4v) is 7.99. The van der Waals surface area contributed by atoms with Crippen molar-refractivity contribution in [1.82, 2.24) is 0 Å². The summed E-state index contributed by atoms with van der Waals surface area (Å²) in [7, 11) is 0. The van der Waals surface area contributed by atoms with Crippen molar-refractivity contribution in [2.45, 2.75) is 0 Å². The minimum Gasteiger partial charge on any atom is -0.310 e. The van der Waals surface area contributed by atoms with E-state index in [0.29, 0.717) is 0 Å². The van der Waals surface area contributed by atoms with Crippen LogP contribution in [0.15, 0.2) is 182 Å². The van der Waals surface area contributed by atoms with Crippen LogP contribution in [-0.4, -0.2) is 0 Å². The van der Waals surface area contributed by atoms with Gasteiger partial charge in [-0.15, -0.1) is 11.3 Å². The fourth-order valence-electron chi connectivity index (χ4n) is 6.86. The third-order valence-electron chi connectivity index (χ3n) is 8.99. The Balaban J connectivity index is 1.36. The second-order valence-corrected chi connectivity index (χ2v) is 12.9. The van der Waals surface area contributed by atoms with Gasteiger partial charge in [-0.05, 0) is 82.9 Å². The summed E-state index contributed by atoms with van der Waals surface area (Å²) in [6, 6.07) is 65.7. The number of hydrogen-bond donors (Lipinski definition) is 0. The Morgan fingerprint density at radius 2 is 0.851 bits per heavy atom. The molecule has 0 aliphatic heterocycles. The number of anilines is 6. The third-order valence-corrected chi connectivity index (χ3v) is 10.1. The van der Waals surface area contributed by atoms with Gasteiger partial charge in [0.25, 0.3) is 0 Å². The maximum absolute atomic E-state index is 2.43. The molecule has 0 fully saturated rings. The molecule has 0 unspecified atom stereocenters. The number of nitrogens with zero attached hydrogens (tertiary/aromatic N) is 2. The Morgan fingerprint density at radius 1 is 0.298 bits per heavy atom. The zero-order chi connectivity index (χ0) is 31.2. The van der Waals surface area contributed by atoms with Gasteiger partial charge in [0.15, 0.2) is 0 Å². The van der Waals surface area contributed by atoms with E-state index in [1.165, 1.54) is 41.7 Å². The first-order valence-electron chi connectivity index (χ1n) is 15.9. The van der Waals surface area contributed by atoms with Crippen molar-refractivity contribution in [3.63, 3.8) is 0 Å². The minimum atomic E-state index is 1.10. The molecule has 0 saturated carbocycles. The molecule has 0 N–H and O–H groups in total. The quantitative estimate of drug-likeness (QED) is 0.171. The van der Waals surface area contributed by atoms with Crippen molar-refractivity contribution < 1.29 is 0 Å². The van der Waals surface area contributed by atoms with Gasteiger partial charge in [0.2, 0.25) is 0 Å². The first kappa shape index (κ1) is 27.4. The average Bonchev–Trinajstić information content (AvgIpc) is 3.51. The van der Waals surface area contributed by atoms with Crippen molar-refractivity contribution >= 4 is 87.2 Å². The Hall–Kier alpha value is -5.90. The van der Waals surface area contributed by atoms with Crippen molar-refractivity contribution in [2.75, 3.05) is 9.80 Å². The highest BCUT2D eigenvalue weighted by molar-refractivity contribution is 7.25. The van der Waals surface area contributed by atoms with Gasteiger partial charge in [0.1, 0.15) is 0 Å². The molecule has 0 spiro atoms. The van der Waals surface area contributed by atoms with E-state index >= 15 is 0 Å². The lowest BCUT2D eigenvalue weighted by Gasteiger charge is -2.31. The molecular formula is C44H30N2S. The highest BCUT2D eigenvalue weighted by Crippen LogP contribution is 2.47. The van der Waals surface area contributed by atoms with E-state index in [9.17, 15) is 0 Å². The average molecular weight is 619 g/mol. The monoisotopic (exact) mass is 618 g/mol. The largest absolute Gasteiger partial charge is 0.310 e. The second-order valence-electron chi connectivity index (χ2n) is 11.8. The zero-order valence-electron chi connectivity index (χ0n) is 25.6. The Labute approximate surface area is 278 Å². The van der Waals surface area contributed by atoms with Gasteiger partial charge in [0, 0.05) is 54.0 Å². The summed E-state index contributed by atoms with van der Waals surface area (Å²) in [6.07, 6.45) is 0. The van der Waals surface area contributed by atoms with E-state index in [0.717, 1.165) is 34.1 Å². The van der Waals surface area contributed by atoms with E-state index in [1.54, 1.807) is 0 Å². The summed E-state index contributed by atoms with van der Waals surface area (Å²) in [5.41, 5.74) is 6.71. The van der Waals surface area contributed by atoms with Crippen molar-refractivity contribution in [1.29, 1.82) is 0 Å². The summed E-state index contributed by atoms with van der Waals surface area (Å²) in [4.78, 5) is 4.79. The van der Waals surface area contributed by atoms with E-state index < -0.39 is 0 Å². The molecule has 8 aromatic carbocycles. The van der Waals surface area contributed by atoms with Gasteiger partial charge in [-0.3, -0.25) is 0 Å². The lowest BCUT2D eigenvalue weighted by Crippen LogP contribution is -2.13. The van der Waals surface area contributed by atoms with Crippen LogP contribution in [0.3, 0.4) is 0 Å². The Kier molecular flexibility index (Phi) is 6.69. The summed E-state index contributed by atoms with van der Waals surface area (Å²) in [5.74, 6) is 0. The van der Waals surface area contributed by atoms with Crippen LogP contribution >= 0.6 is 11.3 Å². The van der Waals surface area contributed by atoms with E-state index in [1.807, 2.05) is 11.3 Å². The van der Waals surface area contributed by atoms with Crippen LogP contribution in [0.5, 0.6) is 0 Å². The molecular weight excluding hydrogens is 589 g/mol.